The van der Waals surface area contributed by atoms with Crippen LogP contribution < -0.4 is 10.6 Å². The number of carbonyl (C=O) groups is 1. The molecule has 3 aromatic rings. The summed E-state index contributed by atoms with van der Waals surface area (Å²) in [6.07, 6.45) is -4.45. The highest BCUT2D eigenvalue weighted by Crippen LogP contribution is 2.29. The highest BCUT2D eigenvalue weighted by atomic mass is 32.1. The van der Waals surface area contributed by atoms with Crippen molar-refractivity contribution in [3.05, 3.63) is 90.0 Å². The van der Waals surface area contributed by atoms with Crippen LogP contribution in [-0.4, -0.2) is 11.0 Å². The zero-order valence-electron chi connectivity index (χ0n) is 14.5. The van der Waals surface area contributed by atoms with Gasteiger partial charge in [-0.05, 0) is 59.7 Å². The van der Waals surface area contributed by atoms with Crippen LogP contribution in [0.15, 0.2) is 78.9 Å². The molecule has 142 valence electrons. The number of anilines is 1. The Morgan fingerprint density at radius 3 is 1.93 bits per heavy atom. The summed E-state index contributed by atoms with van der Waals surface area (Å²) in [4.78, 5) is 12.1. The second-order valence-electron chi connectivity index (χ2n) is 5.93. The summed E-state index contributed by atoms with van der Waals surface area (Å²) in [5.41, 5.74) is 2.05. The average molecular weight is 400 g/mol. The van der Waals surface area contributed by atoms with Crippen molar-refractivity contribution in [2.45, 2.75) is 6.18 Å². The Hall–Kier alpha value is -3.19. The van der Waals surface area contributed by atoms with E-state index in [-0.39, 0.29) is 10.7 Å². The highest BCUT2D eigenvalue weighted by Gasteiger charge is 2.30. The second kappa shape index (κ2) is 8.22. The van der Waals surface area contributed by atoms with Crippen LogP contribution in [-0.2, 0) is 6.18 Å². The van der Waals surface area contributed by atoms with Crippen molar-refractivity contribution in [2.24, 2.45) is 0 Å². The molecule has 0 atom stereocenters. The maximum atomic E-state index is 12.6. The Labute approximate surface area is 165 Å². The first-order chi connectivity index (χ1) is 13.3. The molecule has 0 bridgehead atoms. The van der Waals surface area contributed by atoms with Gasteiger partial charge in [0.05, 0.1) is 5.56 Å². The van der Waals surface area contributed by atoms with E-state index < -0.39 is 17.6 Å². The van der Waals surface area contributed by atoms with Gasteiger partial charge in [0, 0.05) is 11.3 Å². The van der Waals surface area contributed by atoms with Gasteiger partial charge in [0.2, 0.25) is 0 Å². The van der Waals surface area contributed by atoms with E-state index in [0.717, 1.165) is 35.4 Å². The lowest BCUT2D eigenvalue weighted by Crippen LogP contribution is -2.34. The first-order valence-corrected chi connectivity index (χ1v) is 8.69. The number of thiocarbonyl (C=S) groups is 1. The van der Waals surface area contributed by atoms with Gasteiger partial charge in [0.25, 0.3) is 5.91 Å². The van der Waals surface area contributed by atoms with E-state index in [1.165, 1.54) is 0 Å². The van der Waals surface area contributed by atoms with Gasteiger partial charge in [0.15, 0.2) is 5.11 Å². The van der Waals surface area contributed by atoms with Crippen molar-refractivity contribution in [3.63, 3.8) is 0 Å². The number of hydrogen-bond donors (Lipinski definition) is 2. The SMILES string of the molecule is O=C(NC(=S)Nc1ccc(-c2ccccc2)cc1)c1ccc(C(F)(F)F)cc1. The summed E-state index contributed by atoms with van der Waals surface area (Å²) in [7, 11) is 0. The molecule has 0 saturated carbocycles. The molecule has 0 radical (unpaired) electrons. The number of nitrogens with one attached hydrogen (secondary N) is 2. The van der Waals surface area contributed by atoms with Gasteiger partial charge < -0.3 is 5.32 Å². The summed E-state index contributed by atoms with van der Waals surface area (Å²) < 4.78 is 37.7. The molecule has 0 aliphatic heterocycles. The topological polar surface area (TPSA) is 41.1 Å². The van der Waals surface area contributed by atoms with Crippen LogP contribution >= 0.6 is 12.2 Å². The zero-order chi connectivity index (χ0) is 20.1. The number of halogens is 3. The molecular weight excluding hydrogens is 385 g/mol. The van der Waals surface area contributed by atoms with Crippen molar-refractivity contribution in [3.8, 4) is 11.1 Å². The van der Waals surface area contributed by atoms with E-state index in [0.29, 0.717) is 5.69 Å². The fourth-order valence-corrected chi connectivity index (χ4v) is 2.74. The minimum atomic E-state index is -4.45. The molecule has 3 aromatic carbocycles. The Bertz CT molecular complexity index is 969. The van der Waals surface area contributed by atoms with Gasteiger partial charge >= 0.3 is 6.18 Å². The fraction of sp³-hybridized carbons (Fsp3) is 0.0476. The van der Waals surface area contributed by atoms with Crippen molar-refractivity contribution < 1.29 is 18.0 Å². The number of hydrogen-bond acceptors (Lipinski definition) is 2. The number of alkyl halides is 3. The Morgan fingerprint density at radius 2 is 1.36 bits per heavy atom. The second-order valence-corrected chi connectivity index (χ2v) is 6.33. The third-order valence-corrected chi connectivity index (χ3v) is 4.16. The van der Waals surface area contributed by atoms with E-state index in [2.05, 4.69) is 10.6 Å². The number of benzene rings is 3. The Kier molecular flexibility index (Phi) is 5.75. The quantitative estimate of drug-likeness (QED) is 0.571. The van der Waals surface area contributed by atoms with E-state index in [1.807, 2.05) is 54.6 Å². The number of amides is 1. The van der Waals surface area contributed by atoms with Gasteiger partial charge in [0.1, 0.15) is 0 Å². The van der Waals surface area contributed by atoms with Gasteiger partial charge in [-0.25, -0.2) is 0 Å². The molecular formula is C21H15F3N2OS. The lowest BCUT2D eigenvalue weighted by molar-refractivity contribution is -0.137. The smallest absolute Gasteiger partial charge is 0.332 e. The Morgan fingerprint density at radius 1 is 0.786 bits per heavy atom. The van der Waals surface area contributed by atoms with Crippen LogP contribution in [0.25, 0.3) is 11.1 Å². The first kappa shape index (κ1) is 19.6. The summed E-state index contributed by atoms with van der Waals surface area (Å²) in [5, 5.41) is 5.38. The molecule has 0 fully saturated rings. The fourth-order valence-electron chi connectivity index (χ4n) is 2.52. The van der Waals surface area contributed by atoms with Gasteiger partial charge in [-0.15, -0.1) is 0 Å². The predicted molar refractivity (Wildman–Crippen MR) is 107 cm³/mol. The van der Waals surface area contributed by atoms with Crippen molar-refractivity contribution in [2.75, 3.05) is 5.32 Å². The Balaban J connectivity index is 1.60. The van der Waals surface area contributed by atoms with Crippen LogP contribution in [0.3, 0.4) is 0 Å². The number of carbonyl (C=O) groups excluding carboxylic acids is 1. The van der Waals surface area contributed by atoms with Crippen LogP contribution in [0.2, 0.25) is 0 Å². The normalized spacial score (nSPS) is 11.0. The van der Waals surface area contributed by atoms with Gasteiger partial charge in [-0.1, -0.05) is 42.5 Å². The summed E-state index contributed by atoms with van der Waals surface area (Å²) in [6, 6.07) is 21.2. The minimum Gasteiger partial charge on any atom is -0.332 e. The maximum Gasteiger partial charge on any atom is 0.416 e. The molecule has 28 heavy (non-hydrogen) atoms. The third-order valence-electron chi connectivity index (χ3n) is 3.95. The lowest BCUT2D eigenvalue weighted by atomic mass is 10.1. The standard InChI is InChI=1S/C21H15F3N2OS/c22-21(23,24)17-10-6-16(7-11-17)19(27)26-20(28)25-18-12-8-15(9-13-18)14-4-2-1-3-5-14/h1-13H,(H2,25,26,27,28). The first-order valence-electron chi connectivity index (χ1n) is 8.28. The molecule has 0 spiro atoms. The van der Waals surface area contributed by atoms with Gasteiger partial charge in [-0.2, -0.15) is 13.2 Å². The molecule has 0 aliphatic rings. The summed E-state index contributed by atoms with van der Waals surface area (Å²) >= 11 is 5.10. The highest BCUT2D eigenvalue weighted by molar-refractivity contribution is 7.80. The van der Waals surface area contributed by atoms with Crippen LogP contribution in [0.4, 0.5) is 18.9 Å². The maximum absolute atomic E-state index is 12.6. The molecule has 1 amide bonds. The largest absolute Gasteiger partial charge is 0.416 e. The molecule has 0 unspecified atom stereocenters. The zero-order valence-corrected chi connectivity index (χ0v) is 15.3. The van der Waals surface area contributed by atoms with Crippen molar-refractivity contribution in [1.82, 2.24) is 5.32 Å². The van der Waals surface area contributed by atoms with Gasteiger partial charge in [-0.3, -0.25) is 10.1 Å². The number of rotatable bonds is 3. The van der Waals surface area contributed by atoms with E-state index in [4.69, 9.17) is 12.2 Å². The van der Waals surface area contributed by atoms with E-state index in [1.54, 1.807) is 0 Å². The van der Waals surface area contributed by atoms with Crippen molar-refractivity contribution in [1.29, 1.82) is 0 Å². The predicted octanol–water partition coefficient (Wildman–Crippen LogP) is 5.50. The third kappa shape index (κ3) is 4.95. The minimum absolute atomic E-state index is 0.0531. The molecule has 0 saturated heterocycles. The molecule has 3 rings (SSSR count). The van der Waals surface area contributed by atoms with Crippen LogP contribution in [0.1, 0.15) is 15.9 Å². The monoisotopic (exact) mass is 400 g/mol. The molecule has 2 N–H and O–H groups in total. The average Bonchev–Trinajstić information content (AvgIpc) is 2.68. The molecule has 3 nitrogen and oxygen atoms in total. The van der Waals surface area contributed by atoms with Crippen LogP contribution in [0, 0.1) is 0 Å². The molecule has 7 heteroatoms. The summed E-state index contributed by atoms with van der Waals surface area (Å²) in [6.45, 7) is 0. The molecule has 0 aliphatic carbocycles. The van der Waals surface area contributed by atoms with Crippen molar-refractivity contribution >= 4 is 28.9 Å². The van der Waals surface area contributed by atoms with E-state index >= 15 is 0 Å². The lowest BCUT2D eigenvalue weighted by Gasteiger charge is -2.11. The molecule has 0 heterocycles. The summed E-state index contributed by atoms with van der Waals surface area (Å²) in [5.74, 6) is -0.591. The van der Waals surface area contributed by atoms with Crippen LogP contribution in [0.5, 0.6) is 0 Å². The molecule has 0 aromatic heterocycles. The van der Waals surface area contributed by atoms with E-state index in [9.17, 15) is 18.0 Å².